The third-order valence-corrected chi connectivity index (χ3v) is 2.94. The Bertz CT molecular complexity index is 395. The van der Waals surface area contributed by atoms with Crippen LogP contribution in [0.15, 0.2) is 12.4 Å². The normalized spacial score (nSPS) is 12.1. The highest BCUT2D eigenvalue weighted by molar-refractivity contribution is 5.73. The highest BCUT2D eigenvalue weighted by atomic mass is 16.4. The molecule has 20 heavy (non-hydrogen) atoms. The molecule has 0 fully saturated rings. The van der Waals surface area contributed by atoms with Crippen molar-refractivity contribution in [3.8, 4) is 0 Å². The van der Waals surface area contributed by atoms with Gasteiger partial charge in [0.15, 0.2) is 0 Å². The van der Waals surface area contributed by atoms with Gasteiger partial charge in [0.25, 0.3) is 0 Å². The van der Waals surface area contributed by atoms with E-state index in [1.165, 1.54) is 0 Å². The molecular weight excluding hydrogens is 256 g/mol. The van der Waals surface area contributed by atoms with Crippen LogP contribution in [0.4, 0.5) is 5.95 Å². The Labute approximate surface area is 120 Å². The highest BCUT2D eigenvalue weighted by Gasteiger charge is 2.15. The number of carbonyl (C=O) groups is 1. The first-order chi connectivity index (χ1) is 9.67. The summed E-state index contributed by atoms with van der Waals surface area (Å²) in [6.45, 7) is 5.44. The molecule has 0 aliphatic heterocycles. The average molecular weight is 280 g/mol. The molecular formula is C14H24N4O2. The Morgan fingerprint density at radius 2 is 2.00 bits per heavy atom. The predicted octanol–water partition coefficient (Wildman–Crippen LogP) is 2.03. The van der Waals surface area contributed by atoms with Crippen LogP contribution in [0, 0.1) is 0 Å². The summed E-state index contributed by atoms with van der Waals surface area (Å²) < 4.78 is 0. The lowest BCUT2D eigenvalue weighted by atomic mass is 10.1. The third-order valence-electron chi connectivity index (χ3n) is 2.94. The number of carboxylic acid groups (broad SMARTS) is 1. The van der Waals surface area contributed by atoms with Crippen molar-refractivity contribution in [2.45, 2.75) is 52.1 Å². The minimum atomic E-state index is -0.805. The topological polar surface area (TPSA) is 87.1 Å². The van der Waals surface area contributed by atoms with E-state index >= 15 is 0 Å². The number of aliphatic carboxylic acids is 1. The number of nitrogens with one attached hydrogen (secondary N) is 2. The van der Waals surface area contributed by atoms with E-state index in [1.807, 2.05) is 0 Å². The fourth-order valence-electron chi connectivity index (χ4n) is 1.74. The zero-order valence-electron chi connectivity index (χ0n) is 12.2. The summed E-state index contributed by atoms with van der Waals surface area (Å²) in [7, 11) is 0. The fourth-order valence-corrected chi connectivity index (χ4v) is 1.74. The van der Waals surface area contributed by atoms with Gasteiger partial charge in [0.05, 0.1) is 0 Å². The molecule has 0 aliphatic rings. The summed E-state index contributed by atoms with van der Waals surface area (Å²) in [5.41, 5.74) is 0.884. The van der Waals surface area contributed by atoms with E-state index in [0.29, 0.717) is 18.9 Å². The Kier molecular flexibility index (Phi) is 7.57. The SMILES string of the molecule is CCCCC(NCc1cnc(NCCC)nc1)C(=O)O. The molecule has 1 unspecified atom stereocenters. The standard InChI is InChI=1S/C14H24N4O2/c1-3-5-6-12(13(19)20)16-8-11-9-17-14(18-10-11)15-7-4-2/h9-10,12,16H,3-8H2,1-2H3,(H,19,20)(H,15,17,18). The van der Waals surface area contributed by atoms with Gasteiger partial charge in [-0.3, -0.25) is 4.79 Å². The number of hydrogen-bond acceptors (Lipinski definition) is 5. The maximum absolute atomic E-state index is 11.1. The van der Waals surface area contributed by atoms with E-state index in [9.17, 15) is 4.79 Å². The van der Waals surface area contributed by atoms with Gasteiger partial charge in [-0.25, -0.2) is 9.97 Å². The van der Waals surface area contributed by atoms with Crippen molar-refractivity contribution < 1.29 is 9.90 Å². The van der Waals surface area contributed by atoms with Crippen molar-refractivity contribution in [3.05, 3.63) is 18.0 Å². The maximum Gasteiger partial charge on any atom is 0.320 e. The largest absolute Gasteiger partial charge is 0.480 e. The summed E-state index contributed by atoms with van der Waals surface area (Å²) in [5, 5.41) is 15.2. The van der Waals surface area contributed by atoms with E-state index in [0.717, 1.165) is 31.4 Å². The van der Waals surface area contributed by atoms with Crippen LogP contribution in [0.3, 0.4) is 0 Å². The summed E-state index contributed by atoms with van der Waals surface area (Å²) >= 11 is 0. The quantitative estimate of drug-likeness (QED) is 0.608. The van der Waals surface area contributed by atoms with Crippen LogP contribution in [-0.2, 0) is 11.3 Å². The lowest BCUT2D eigenvalue weighted by Gasteiger charge is -2.13. The van der Waals surface area contributed by atoms with E-state index in [-0.39, 0.29) is 0 Å². The molecule has 1 aromatic heterocycles. The molecule has 112 valence electrons. The molecule has 1 aromatic rings. The van der Waals surface area contributed by atoms with Crippen LogP contribution in [0.1, 0.15) is 45.1 Å². The van der Waals surface area contributed by atoms with Crippen LogP contribution in [0.5, 0.6) is 0 Å². The number of rotatable bonds is 10. The van der Waals surface area contributed by atoms with Crippen LogP contribution in [0.2, 0.25) is 0 Å². The van der Waals surface area contributed by atoms with Crippen molar-refractivity contribution in [2.75, 3.05) is 11.9 Å². The number of anilines is 1. The first kappa shape index (κ1) is 16.4. The molecule has 0 aliphatic carbocycles. The summed E-state index contributed by atoms with van der Waals surface area (Å²) in [6.07, 6.45) is 6.99. The van der Waals surface area contributed by atoms with Gasteiger partial charge in [0.1, 0.15) is 6.04 Å². The van der Waals surface area contributed by atoms with Crippen molar-refractivity contribution >= 4 is 11.9 Å². The number of unbranched alkanes of at least 4 members (excludes halogenated alkanes) is 1. The fraction of sp³-hybridized carbons (Fsp3) is 0.643. The first-order valence-corrected chi connectivity index (χ1v) is 7.18. The molecule has 0 spiro atoms. The number of carboxylic acids is 1. The number of nitrogens with zero attached hydrogens (tertiary/aromatic N) is 2. The van der Waals surface area contributed by atoms with Crippen molar-refractivity contribution in [1.29, 1.82) is 0 Å². The van der Waals surface area contributed by atoms with E-state index in [1.54, 1.807) is 12.4 Å². The minimum Gasteiger partial charge on any atom is -0.480 e. The molecule has 0 bridgehead atoms. The summed E-state index contributed by atoms with van der Waals surface area (Å²) in [4.78, 5) is 19.5. The maximum atomic E-state index is 11.1. The Morgan fingerprint density at radius 1 is 1.30 bits per heavy atom. The number of hydrogen-bond donors (Lipinski definition) is 3. The molecule has 1 rings (SSSR count). The zero-order valence-corrected chi connectivity index (χ0v) is 12.2. The molecule has 1 heterocycles. The van der Waals surface area contributed by atoms with Gasteiger partial charge in [-0.1, -0.05) is 26.7 Å². The van der Waals surface area contributed by atoms with Crippen LogP contribution < -0.4 is 10.6 Å². The average Bonchev–Trinajstić information content (AvgIpc) is 2.46. The summed E-state index contributed by atoms with van der Waals surface area (Å²) in [5.74, 6) is -0.197. The molecule has 0 saturated carbocycles. The van der Waals surface area contributed by atoms with Gasteiger partial charge in [0, 0.05) is 31.0 Å². The molecule has 3 N–H and O–H groups in total. The molecule has 6 nitrogen and oxygen atoms in total. The van der Waals surface area contributed by atoms with Gasteiger partial charge in [-0.05, 0) is 12.8 Å². The monoisotopic (exact) mass is 280 g/mol. The van der Waals surface area contributed by atoms with Gasteiger partial charge in [-0.2, -0.15) is 0 Å². The van der Waals surface area contributed by atoms with Gasteiger partial charge >= 0.3 is 5.97 Å². The molecule has 0 aromatic carbocycles. The molecule has 6 heteroatoms. The van der Waals surface area contributed by atoms with Crippen molar-refractivity contribution in [1.82, 2.24) is 15.3 Å². The molecule has 1 atom stereocenters. The second kappa shape index (κ2) is 9.25. The van der Waals surface area contributed by atoms with Crippen LogP contribution >= 0.6 is 0 Å². The zero-order chi connectivity index (χ0) is 14.8. The highest BCUT2D eigenvalue weighted by Crippen LogP contribution is 2.04. The van der Waals surface area contributed by atoms with E-state index in [4.69, 9.17) is 5.11 Å². The molecule has 0 radical (unpaired) electrons. The van der Waals surface area contributed by atoms with Crippen LogP contribution in [-0.4, -0.2) is 33.6 Å². The lowest BCUT2D eigenvalue weighted by molar-refractivity contribution is -0.139. The van der Waals surface area contributed by atoms with Crippen molar-refractivity contribution in [3.63, 3.8) is 0 Å². The van der Waals surface area contributed by atoms with Crippen LogP contribution in [0.25, 0.3) is 0 Å². The Morgan fingerprint density at radius 3 is 2.55 bits per heavy atom. The number of aromatic nitrogens is 2. The first-order valence-electron chi connectivity index (χ1n) is 7.18. The smallest absolute Gasteiger partial charge is 0.320 e. The van der Waals surface area contributed by atoms with Gasteiger partial charge in [0.2, 0.25) is 5.95 Å². The van der Waals surface area contributed by atoms with Gasteiger partial charge in [-0.15, -0.1) is 0 Å². The minimum absolute atomic E-state index is 0.467. The predicted molar refractivity (Wildman–Crippen MR) is 78.6 cm³/mol. The van der Waals surface area contributed by atoms with Crippen molar-refractivity contribution in [2.24, 2.45) is 0 Å². The molecule has 0 amide bonds. The Hall–Kier alpha value is -1.69. The third kappa shape index (κ3) is 5.97. The lowest BCUT2D eigenvalue weighted by Crippen LogP contribution is -2.36. The second-order valence-corrected chi connectivity index (χ2v) is 4.76. The van der Waals surface area contributed by atoms with Gasteiger partial charge < -0.3 is 15.7 Å². The van der Waals surface area contributed by atoms with E-state index < -0.39 is 12.0 Å². The molecule has 0 saturated heterocycles. The summed E-state index contributed by atoms with van der Waals surface area (Å²) in [6, 6.07) is -0.507. The Balaban J connectivity index is 2.44. The van der Waals surface area contributed by atoms with E-state index in [2.05, 4.69) is 34.4 Å². The second-order valence-electron chi connectivity index (χ2n) is 4.76.